The van der Waals surface area contributed by atoms with Gasteiger partial charge in [0, 0.05) is 25.3 Å². The highest BCUT2D eigenvalue weighted by molar-refractivity contribution is 8.00. The van der Waals surface area contributed by atoms with Crippen LogP contribution in [0.5, 0.6) is 0 Å². The molecule has 1 aromatic heterocycles. The predicted octanol–water partition coefficient (Wildman–Crippen LogP) is 3.98. The van der Waals surface area contributed by atoms with Crippen LogP contribution < -0.4 is 10.9 Å². The van der Waals surface area contributed by atoms with Gasteiger partial charge in [-0.15, -0.1) is 0 Å². The number of aryl methyl sites for hydroxylation is 1. The minimum absolute atomic E-state index is 0.118. The highest BCUT2D eigenvalue weighted by atomic mass is 35.5. The van der Waals surface area contributed by atoms with Crippen LogP contribution in [0.1, 0.15) is 18.9 Å². The van der Waals surface area contributed by atoms with Gasteiger partial charge in [0.1, 0.15) is 0 Å². The van der Waals surface area contributed by atoms with E-state index in [1.165, 1.54) is 11.8 Å². The van der Waals surface area contributed by atoms with Gasteiger partial charge in [-0.25, -0.2) is 4.98 Å². The third kappa shape index (κ3) is 5.22. The second-order valence-corrected chi connectivity index (χ2v) is 8.68. The molecular weight excluding hydrogens is 422 g/mol. The van der Waals surface area contributed by atoms with E-state index in [1.54, 1.807) is 36.8 Å². The molecule has 3 rings (SSSR count). The molecule has 0 saturated heterocycles. The Morgan fingerprint density at radius 3 is 2.83 bits per heavy atom. The summed E-state index contributed by atoms with van der Waals surface area (Å²) >= 11 is 7.35. The van der Waals surface area contributed by atoms with Crippen molar-refractivity contribution in [1.82, 2.24) is 14.9 Å². The van der Waals surface area contributed by atoms with Gasteiger partial charge in [-0.05, 0) is 56.2 Å². The van der Waals surface area contributed by atoms with Crippen LogP contribution in [0.3, 0.4) is 0 Å². The van der Waals surface area contributed by atoms with Crippen molar-refractivity contribution in [1.29, 1.82) is 0 Å². The Hall–Kier alpha value is -2.35. The van der Waals surface area contributed by atoms with Crippen LogP contribution >= 0.6 is 23.4 Å². The molecule has 6 nitrogen and oxygen atoms in total. The van der Waals surface area contributed by atoms with E-state index < -0.39 is 5.25 Å². The Morgan fingerprint density at radius 1 is 1.30 bits per heavy atom. The number of carbonyl (C=O) groups excluding carboxylic acids is 1. The smallest absolute Gasteiger partial charge is 0.266 e. The molecule has 1 amide bonds. The van der Waals surface area contributed by atoms with Gasteiger partial charge in [-0.1, -0.05) is 35.5 Å². The first kappa shape index (κ1) is 22.3. The third-order valence-corrected chi connectivity index (χ3v) is 5.82. The lowest BCUT2D eigenvalue weighted by atomic mass is 10.2. The van der Waals surface area contributed by atoms with Gasteiger partial charge < -0.3 is 10.1 Å². The quantitative estimate of drug-likeness (QED) is 0.322. The average molecular weight is 446 g/mol. The molecule has 0 fully saturated rings. The number of carbonyl (C=O) groups is 1. The van der Waals surface area contributed by atoms with Crippen molar-refractivity contribution in [2.45, 2.75) is 30.7 Å². The van der Waals surface area contributed by atoms with Crippen molar-refractivity contribution >= 4 is 40.2 Å². The molecule has 0 radical (unpaired) electrons. The summed E-state index contributed by atoms with van der Waals surface area (Å²) in [5, 5.41) is 3.87. The standard InChI is InChI=1S/C22H24ClN3O3S/c1-14-6-4-7-17(12-14)26-21(28)18-9-8-16(23)13-19(18)25-22(26)30-15(2)20(27)24-10-5-11-29-3/h4,6-9,12-13,15H,5,10-11H2,1-3H3,(H,24,27). The number of thioether (sulfide) groups is 1. The Morgan fingerprint density at radius 2 is 2.10 bits per heavy atom. The van der Waals surface area contributed by atoms with Crippen LogP contribution in [-0.2, 0) is 9.53 Å². The highest BCUT2D eigenvalue weighted by Crippen LogP contribution is 2.26. The second kappa shape index (κ2) is 10.1. The number of halogens is 1. The van der Waals surface area contributed by atoms with E-state index in [4.69, 9.17) is 16.3 Å². The molecule has 1 N–H and O–H groups in total. The fraction of sp³-hybridized carbons (Fsp3) is 0.318. The number of nitrogens with one attached hydrogen (secondary N) is 1. The summed E-state index contributed by atoms with van der Waals surface area (Å²) in [6.07, 6.45) is 0.736. The average Bonchev–Trinajstić information content (AvgIpc) is 2.71. The van der Waals surface area contributed by atoms with Gasteiger partial charge in [-0.3, -0.25) is 14.2 Å². The first-order chi connectivity index (χ1) is 14.4. The lowest BCUT2D eigenvalue weighted by molar-refractivity contribution is -0.120. The van der Waals surface area contributed by atoms with Crippen molar-refractivity contribution in [2.75, 3.05) is 20.3 Å². The molecule has 0 spiro atoms. The first-order valence-corrected chi connectivity index (χ1v) is 10.9. The zero-order chi connectivity index (χ0) is 21.7. The van der Waals surface area contributed by atoms with Crippen molar-refractivity contribution in [3.05, 3.63) is 63.4 Å². The fourth-order valence-electron chi connectivity index (χ4n) is 3.00. The largest absolute Gasteiger partial charge is 0.385 e. The Kier molecular flexibility index (Phi) is 7.53. The van der Waals surface area contributed by atoms with Crippen molar-refractivity contribution in [3.8, 4) is 5.69 Å². The van der Waals surface area contributed by atoms with E-state index in [9.17, 15) is 9.59 Å². The van der Waals surface area contributed by atoms with E-state index in [0.29, 0.717) is 39.9 Å². The van der Waals surface area contributed by atoms with Crippen LogP contribution in [0.25, 0.3) is 16.6 Å². The number of nitrogens with zero attached hydrogens (tertiary/aromatic N) is 2. The van der Waals surface area contributed by atoms with Gasteiger partial charge in [0.25, 0.3) is 5.56 Å². The predicted molar refractivity (Wildman–Crippen MR) is 122 cm³/mol. The van der Waals surface area contributed by atoms with Gasteiger partial charge >= 0.3 is 0 Å². The maximum Gasteiger partial charge on any atom is 0.266 e. The zero-order valence-corrected chi connectivity index (χ0v) is 18.7. The van der Waals surface area contributed by atoms with Gasteiger partial charge in [0.15, 0.2) is 5.16 Å². The minimum Gasteiger partial charge on any atom is -0.385 e. The lowest BCUT2D eigenvalue weighted by Crippen LogP contribution is -2.33. The monoisotopic (exact) mass is 445 g/mol. The van der Waals surface area contributed by atoms with E-state index in [-0.39, 0.29) is 11.5 Å². The Labute approximate surface area is 184 Å². The summed E-state index contributed by atoms with van der Waals surface area (Å²) in [7, 11) is 1.63. The summed E-state index contributed by atoms with van der Waals surface area (Å²) in [5.74, 6) is -0.118. The van der Waals surface area contributed by atoms with E-state index in [2.05, 4.69) is 10.3 Å². The molecule has 8 heteroatoms. The van der Waals surface area contributed by atoms with Gasteiger partial charge in [0.05, 0.1) is 21.8 Å². The number of hydrogen-bond donors (Lipinski definition) is 1. The summed E-state index contributed by atoms with van der Waals surface area (Å²) in [5.41, 5.74) is 2.04. The molecule has 0 aliphatic heterocycles. The normalized spacial score (nSPS) is 12.1. The molecule has 0 saturated carbocycles. The topological polar surface area (TPSA) is 73.2 Å². The molecule has 1 unspecified atom stereocenters. The molecule has 2 aromatic carbocycles. The molecule has 0 aliphatic carbocycles. The maximum atomic E-state index is 13.3. The Bertz CT molecular complexity index is 1120. The number of hydrogen-bond acceptors (Lipinski definition) is 5. The molecule has 0 aliphatic rings. The summed E-state index contributed by atoms with van der Waals surface area (Å²) in [4.78, 5) is 30.5. The molecule has 3 aromatic rings. The fourth-order valence-corrected chi connectivity index (χ4v) is 4.11. The zero-order valence-electron chi connectivity index (χ0n) is 17.1. The Balaban J connectivity index is 2.00. The van der Waals surface area contributed by atoms with Crippen LogP contribution in [0.15, 0.2) is 52.4 Å². The number of benzene rings is 2. The number of ether oxygens (including phenoxy) is 1. The molecule has 1 atom stereocenters. The molecule has 1 heterocycles. The minimum atomic E-state index is -0.438. The highest BCUT2D eigenvalue weighted by Gasteiger charge is 2.20. The SMILES string of the molecule is COCCCNC(=O)C(C)Sc1nc2cc(Cl)ccc2c(=O)n1-c1cccc(C)c1. The van der Waals surface area contributed by atoms with E-state index in [1.807, 2.05) is 31.2 Å². The lowest BCUT2D eigenvalue weighted by Gasteiger charge is -2.17. The van der Waals surface area contributed by atoms with E-state index in [0.717, 1.165) is 12.0 Å². The summed E-state index contributed by atoms with van der Waals surface area (Å²) in [6.45, 7) is 4.88. The third-order valence-electron chi connectivity index (χ3n) is 4.54. The van der Waals surface area contributed by atoms with Crippen molar-refractivity contribution < 1.29 is 9.53 Å². The number of methoxy groups -OCH3 is 1. The summed E-state index contributed by atoms with van der Waals surface area (Å²) in [6, 6.07) is 12.7. The molecular formula is C22H24ClN3O3S. The maximum absolute atomic E-state index is 13.3. The molecule has 158 valence electrons. The summed E-state index contributed by atoms with van der Waals surface area (Å²) < 4.78 is 6.56. The van der Waals surface area contributed by atoms with Crippen LogP contribution in [0.2, 0.25) is 5.02 Å². The van der Waals surface area contributed by atoms with Crippen molar-refractivity contribution in [2.24, 2.45) is 0 Å². The van der Waals surface area contributed by atoms with Crippen molar-refractivity contribution in [3.63, 3.8) is 0 Å². The molecule has 0 bridgehead atoms. The molecule has 30 heavy (non-hydrogen) atoms. The number of aromatic nitrogens is 2. The number of fused-ring (bicyclic) bond motifs is 1. The van der Waals surface area contributed by atoms with Gasteiger partial charge in [-0.2, -0.15) is 0 Å². The number of rotatable bonds is 8. The van der Waals surface area contributed by atoms with Crippen LogP contribution in [0.4, 0.5) is 0 Å². The second-order valence-electron chi connectivity index (χ2n) is 6.93. The van der Waals surface area contributed by atoms with E-state index >= 15 is 0 Å². The van der Waals surface area contributed by atoms with Gasteiger partial charge in [0.2, 0.25) is 5.91 Å². The van der Waals surface area contributed by atoms with Crippen LogP contribution in [-0.4, -0.2) is 41.0 Å². The van der Waals surface area contributed by atoms with Crippen LogP contribution in [0, 0.1) is 6.92 Å². The first-order valence-electron chi connectivity index (χ1n) is 9.63. The number of amides is 1.